The van der Waals surface area contributed by atoms with Crippen molar-refractivity contribution in [2.75, 3.05) is 13.1 Å². The van der Waals surface area contributed by atoms with Crippen LogP contribution in [0.15, 0.2) is 27.8 Å². The van der Waals surface area contributed by atoms with E-state index in [0.29, 0.717) is 10.0 Å². The molecule has 0 unspecified atom stereocenters. The lowest BCUT2D eigenvalue weighted by Crippen LogP contribution is -2.25. The van der Waals surface area contributed by atoms with Crippen LogP contribution < -0.4 is 5.32 Å². The molecular weight excluding hydrogens is 276 g/mol. The molecule has 1 amide bonds. The molecule has 1 aromatic rings. The number of halogens is 1. The Morgan fingerprint density at radius 3 is 3.00 bits per heavy atom. The summed E-state index contributed by atoms with van der Waals surface area (Å²) in [5, 5.41) is 15.2. The third-order valence-corrected chi connectivity index (χ3v) is 2.44. The van der Waals surface area contributed by atoms with Crippen LogP contribution in [0.3, 0.4) is 0 Å². The summed E-state index contributed by atoms with van der Waals surface area (Å²) in [4.78, 5) is 14.1. The molecule has 84 valence electrons. The molecule has 0 aliphatic heterocycles. The molecule has 2 N–H and O–H groups in total. The maximum Gasteiger partial charge on any atom is 0.251 e. The number of nitrogens with one attached hydrogen (secondary N) is 1. The van der Waals surface area contributed by atoms with Crippen molar-refractivity contribution in [2.24, 2.45) is 5.11 Å². The Morgan fingerprint density at radius 1 is 1.62 bits per heavy atom. The van der Waals surface area contributed by atoms with Gasteiger partial charge >= 0.3 is 0 Å². The van der Waals surface area contributed by atoms with Crippen molar-refractivity contribution in [2.45, 2.75) is 0 Å². The lowest BCUT2D eigenvalue weighted by atomic mass is 10.2. The van der Waals surface area contributed by atoms with Crippen LogP contribution in [0.25, 0.3) is 10.4 Å². The number of phenolic OH excluding ortho intramolecular Hbond substituents is 1. The van der Waals surface area contributed by atoms with Crippen molar-refractivity contribution in [3.8, 4) is 5.75 Å². The van der Waals surface area contributed by atoms with Gasteiger partial charge in [-0.1, -0.05) is 5.11 Å². The van der Waals surface area contributed by atoms with Gasteiger partial charge in [0.2, 0.25) is 0 Å². The molecule has 0 bridgehead atoms. The van der Waals surface area contributed by atoms with E-state index < -0.39 is 0 Å². The van der Waals surface area contributed by atoms with Crippen molar-refractivity contribution in [3.63, 3.8) is 0 Å². The summed E-state index contributed by atoms with van der Waals surface area (Å²) in [6, 6.07) is 4.51. The second-order valence-corrected chi connectivity index (χ2v) is 3.73. The minimum atomic E-state index is -0.323. The predicted octanol–water partition coefficient (Wildman–Crippen LogP) is 2.19. The zero-order valence-corrected chi connectivity index (χ0v) is 9.81. The summed E-state index contributed by atoms with van der Waals surface area (Å²) in [7, 11) is 0. The Hall–Kier alpha value is -1.72. The molecule has 0 saturated carbocycles. The molecular formula is C9H9BrN4O2. The summed E-state index contributed by atoms with van der Waals surface area (Å²) < 4.78 is 0.526. The monoisotopic (exact) mass is 284 g/mol. The van der Waals surface area contributed by atoms with Gasteiger partial charge in [0.15, 0.2) is 0 Å². The second-order valence-electron chi connectivity index (χ2n) is 2.88. The number of azide groups is 1. The summed E-state index contributed by atoms with van der Waals surface area (Å²) in [5.41, 5.74) is 8.37. The fourth-order valence-electron chi connectivity index (χ4n) is 1.02. The van der Waals surface area contributed by atoms with Gasteiger partial charge in [0, 0.05) is 23.6 Å². The van der Waals surface area contributed by atoms with Gasteiger partial charge in [-0.2, -0.15) is 0 Å². The van der Waals surface area contributed by atoms with E-state index in [2.05, 4.69) is 31.3 Å². The van der Waals surface area contributed by atoms with Crippen LogP contribution in [0, 0.1) is 0 Å². The second kappa shape index (κ2) is 5.99. The topological polar surface area (TPSA) is 98.1 Å². The highest BCUT2D eigenvalue weighted by atomic mass is 79.9. The van der Waals surface area contributed by atoms with Crippen molar-refractivity contribution < 1.29 is 9.90 Å². The highest BCUT2D eigenvalue weighted by Gasteiger charge is 2.06. The quantitative estimate of drug-likeness (QED) is 0.383. The van der Waals surface area contributed by atoms with E-state index in [1.807, 2.05) is 0 Å². The zero-order chi connectivity index (χ0) is 12.0. The fraction of sp³-hybridized carbons (Fsp3) is 0.222. The van der Waals surface area contributed by atoms with E-state index in [4.69, 9.17) is 5.53 Å². The predicted molar refractivity (Wildman–Crippen MR) is 62.2 cm³/mol. The molecule has 0 aliphatic carbocycles. The van der Waals surface area contributed by atoms with Crippen molar-refractivity contribution in [3.05, 3.63) is 38.7 Å². The highest BCUT2D eigenvalue weighted by molar-refractivity contribution is 9.10. The first-order valence-electron chi connectivity index (χ1n) is 4.42. The molecule has 16 heavy (non-hydrogen) atoms. The van der Waals surface area contributed by atoms with Crippen molar-refractivity contribution in [1.82, 2.24) is 5.32 Å². The summed E-state index contributed by atoms with van der Waals surface area (Å²) in [5.74, 6) is -0.321. The number of aromatic hydroxyl groups is 1. The lowest BCUT2D eigenvalue weighted by Gasteiger charge is -2.04. The normalized spacial score (nSPS) is 9.31. The number of hydrogen-bond donors (Lipinski definition) is 2. The van der Waals surface area contributed by atoms with Crippen LogP contribution in [-0.2, 0) is 0 Å². The molecule has 0 radical (unpaired) electrons. The number of amides is 1. The lowest BCUT2D eigenvalue weighted by molar-refractivity contribution is 0.0954. The number of phenols is 1. The zero-order valence-electron chi connectivity index (χ0n) is 8.22. The number of carbonyl (C=O) groups is 1. The summed E-state index contributed by atoms with van der Waals surface area (Å²) in [6.07, 6.45) is 0. The molecule has 0 heterocycles. The van der Waals surface area contributed by atoms with Gasteiger partial charge in [0.25, 0.3) is 5.91 Å². The van der Waals surface area contributed by atoms with E-state index in [1.165, 1.54) is 6.07 Å². The van der Waals surface area contributed by atoms with Gasteiger partial charge in [-0.15, -0.1) is 0 Å². The van der Waals surface area contributed by atoms with Crippen LogP contribution >= 0.6 is 15.9 Å². The molecule has 0 aromatic heterocycles. The molecule has 0 fully saturated rings. The van der Waals surface area contributed by atoms with E-state index >= 15 is 0 Å². The third kappa shape index (κ3) is 3.45. The summed E-state index contributed by atoms with van der Waals surface area (Å²) in [6.45, 7) is 0.463. The minimum absolute atomic E-state index is 0.00250. The number of hydrogen-bond acceptors (Lipinski definition) is 3. The van der Waals surface area contributed by atoms with Crippen molar-refractivity contribution >= 4 is 21.8 Å². The van der Waals surface area contributed by atoms with Gasteiger partial charge in [-0.05, 0) is 39.7 Å². The average Bonchev–Trinajstić information content (AvgIpc) is 2.28. The van der Waals surface area contributed by atoms with Gasteiger partial charge in [-0.3, -0.25) is 4.79 Å². The van der Waals surface area contributed by atoms with E-state index in [1.54, 1.807) is 12.1 Å². The minimum Gasteiger partial charge on any atom is -0.507 e. The summed E-state index contributed by atoms with van der Waals surface area (Å²) >= 11 is 3.11. The van der Waals surface area contributed by atoms with Gasteiger partial charge in [-0.25, -0.2) is 0 Å². The van der Waals surface area contributed by atoms with Crippen LogP contribution in [0.4, 0.5) is 0 Å². The number of carbonyl (C=O) groups excluding carboxylic acids is 1. The Kier molecular flexibility index (Phi) is 4.63. The van der Waals surface area contributed by atoms with Crippen LogP contribution in [0.5, 0.6) is 5.75 Å². The number of rotatable bonds is 4. The first kappa shape index (κ1) is 12.4. The molecule has 0 atom stereocenters. The van der Waals surface area contributed by atoms with Gasteiger partial charge in [0.1, 0.15) is 5.75 Å². The largest absolute Gasteiger partial charge is 0.507 e. The number of benzene rings is 1. The molecule has 7 heteroatoms. The van der Waals surface area contributed by atoms with Gasteiger partial charge in [0.05, 0.1) is 4.47 Å². The Morgan fingerprint density at radius 2 is 2.38 bits per heavy atom. The van der Waals surface area contributed by atoms with Crippen LogP contribution in [-0.4, -0.2) is 24.1 Å². The van der Waals surface area contributed by atoms with Crippen molar-refractivity contribution in [1.29, 1.82) is 0 Å². The maximum absolute atomic E-state index is 11.5. The molecule has 0 saturated heterocycles. The van der Waals surface area contributed by atoms with Gasteiger partial charge < -0.3 is 10.4 Å². The standard InChI is InChI=1S/C9H9BrN4O2/c10-7-2-1-6(5-8(7)15)9(16)12-3-4-13-14-11/h1-2,5,15H,3-4H2,(H,12,16). The Labute approximate surface area is 100 Å². The smallest absolute Gasteiger partial charge is 0.251 e. The van der Waals surface area contributed by atoms with E-state index in [0.717, 1.165) is 0 Å². The average molecular weight is 285 g/mol. The molecule has 0 spiro atoms. The first-order chi connectivity index (χ1) is 7.65. The third-order valence-electron chi connectivity index (χ3n) is 1.77. The fourth-order valence-corrected chi connectivity index (χ4v) is 1.27. The van der Waals surface area contributed by atoms with Crippen LogP contribution in [0.1, 0.15) is 10.4 Å². The van der Waals surface area contributed by atoms with E-state index in [-0.39, 0.29) is 24.7 Å². The van der Waals surface area contributed by atoms with E-state index in [9.17, 15) is 9.90 Å². The number of nitrogens with zero attached hydrogens (tertiary/aromatic N) is 3. The molecule has 1 rings (SSSR count). The molecule has 6 nitrogen and oxygen atoms in total. The van der Waals surface area contributed by atoms with Crippen LogP contribution in [0.2, 0.25) is 0 Å². The Bertz CT molecular complexity index is 443. The SMILES string of the molecule is [N-]=[N+]=NCCNC(=O)c1ccc(Br)c(O)c1. The first-order valence-corrected chi connectivity index (χ1v) is 5.22. The molecule has 0 aliphatic rings. The maximum atomic E-state index is 11.5. The highest BCUT2D eigenvalue weighted by Crippen LogP contribution is 2.24. The molecule has 1 aromatic carbocycles. The Balaban J connectivity index is 2.59.